The van der Waals surface area contributed by atoms with Crippen LogP contribution in [0.3, 0.4) is 0 Å². The van der Waals surface area contributed by atoms with E-state index in [9.17, 15) is 0 Å². The van der Waals surface area contributed by atoms with E-state index in [0.717, 1.165) is 25.9 Å². The van der Waals surface area contributed by atoms with Crippen LogP contribution in [0, 0.1) is 5.92 Å². The van der Waals surface area contributed by atoms with Gasteiger partial charge < -0.3 is 18.9 Å². The smallest absolute Gasteiger partial charge is 0.285 e. The van der Waals surface area contributed by atoms with Crippen LogP contribution in [0.2, 0.25) is 0 Å². The molecule has 156 valence electrons. The second-order valence-corrected chi connectivity index (χ2v) is 7.37. The Labute approximate surface area is 162 Å². The SMILES string of the molecule is CCCCCCCCC(CCCOC1CC1)C(OCC)(OCC)OCC. The molecule has 1 fully saturated rings. The first-order valence-corrected chi connectivity index (χ1v) is 11.3. The van der Waals surface area contributed by atoms with E-state index in [1.807, 2.05) is 20.8 Å². The standard InChI is InChI=1S/C22H44O4/c1-5-9-10-11-12-13-15-20(16-14-19-23-21-17-18-21)22(24-6-2,25-7-3)26-8-4/h20-21H,5-19H2,1-4H3. The van der Waals surface area contributed by atoms with Crippen molar-refractivity contribution in [3.05, 3.63) is 0 Å². The summed E-state index contributed by atoms with van der Waals surface area (Å²) in [5.41, 5.74) is 0. The van der Waals surface area contributed by atoms with Gasteiger partial charge in [0.1, 0.15) is 0 Å². The van der Waals surface area contributed by atoms with Crippen molar-refractivity contribution in [2.75, 3.05) is 26.4 Å². The molecule has 1 aliphatic carbocycles. The van der Waals surface area contributed by atoms with Crippen molar-refractivity contribution < 1.29 is 18.9 Å². The van der Waals surface area contributed by atoms with Crippen LogP contribution >= 0.6 is 0 Å². The normalized spacial score (nSPS) is 16.2. The van der Waals surface area contributed by atoms with Gasteiger partial charge in [0, 0.05) is 32.3 Å². The van der Waals surface area contributed by atoms with E-state index in [0.29, 0.717) is 25.9 Å². The fourth-order valence-electron chi connectivity index (χ4n) is 3.57. The Bertz CT molecular complexity index is 300. The second-order valence-electron chi connectivity index (χ2n) is 7.37. The van der Waals surface area contributed by atoms with Gasteiger partial charge in [-0.25, -0.2) is 0 Å². The van der Waals surface area contributed by atoms with Crippen LogP contribution in [0.25, 0.3) is 0 Å². The Balaban J connectivity index is 2.56. The summed E-state index contributed by atoms with van der Waals surface area (Å²) in [6, 6.07) is 0. The fraction of sp³-hybridized carbons (Fsp3) is 1.00. The molecule has 4 heteroatoms. The van der Waals surface area contributed by atoms with Gasteiger partial charge >= 0.3 is 0 Å². The molecule has 1 saturated carbocycles. The van der Waals surface area contributed by atoms with Gasteiger partial charge in [-0.05, 0) is 52.9 Å². The molecule has 0 spiro atoms. The minimum absolute atomic E-state index is 0.260. The van der Waals surface area contributed by atoms with Crippen molar-refractivity contribution in [1.82, 2.24) is 0 Å². The summed E-state index contributed by atoms with van der Waals surface area (Å²) in [5.74, 6) is -0.627. The third-order valence-corrected chi connectivity index (χ3v) is 5.02. The molecule has 1 rings (SSSR count). The minimum atomic E-state index is -0.888. The average Bonchev–Trinajstić information content (AvgIpc) is 3.44. The van der Waals surface area contributed by atoms with Crippen LogP contribution in [0.15, 0.2) is 0 Å². The summed E-state index contributed by atoms with van der Waals surface area (Å²) in [6.45, 7) is 11.0. The monoisotopic (exact) mass is 372 g/mol. The zero-order valence-electron chi connectivity index (χ0n) is 17.9. The number of hydrogen-bond donors (Lipinski definition) is 0. The van der Waals surface area contributed by atoms with Crippen molar-refractivity contribution in [3.63, 3.8) is 0 Å². The molecule has 26 heavy (non-hydrogen) atoms. The minimum Gasteiger partial charge on any atom is -0.378 e. The lowest BCUT2D eigenvalue weighted by Crippen LogP contribution is -2.47. The van der Waals surface area contributed by atoms with Gasteiger partial charge in [0.15, 0.2) is 0 Å². The maximum Gasteiger partial charge on any atom is 0.285 e. The Morgan fingerprint density at radius 3 is 1.81 bits per heavy atom. The lowest BCUT2D eigenvalue weighted by atomic mass is 9.93. The summed E-state index contributed by atoms with van der Waals surface area (Å²) in [5, 5.41) is 0. The topological polar surface area (TPSA) is 36.9 Å². The summed E-state index contributed by atoms with van der Waals surface area (Å²) < 4.78 is 24.1. The molecule has 1 aliphatic rings. The van der Waals surface area contributed by atoms with Gasteiger partial charge in [-0.1, -0.05) is 45.4 Å². The van der Waals surface area contributed by atoms with Crippen LogP contribution in [-0.4, -0.2) is 38.5 Å². The van der Waals surface area contributed by atoms with Crippen molar-refractivity contribution in [3.8, 4) is 0 Å². The zero-order chi connectivity index (χ0) is 19.1. The molecule has 0 radical (unpaired) electrons. The summed E-state index contributed by atoms with van der Waals surface area (Å²) in [7, 11) is 0. The van der Waals surface area contributed by atoms with Gasteiger partial charge in [0.25, 0.3) is 5.97 Å². The maximum atomic E-state index is 6.07. The molecule has 1 unspecified atom stereocenters. The molecule has 0 aromatic carbocycles. The number of unbranched alkanes of at least 4 members (excludes halogenated alkanes) is 5. The van der Waals surface area contributed by atoms with Crippen LogP contribution in [0.5, 0.6) is 0 Å². The van der Waals surface area contributed by atoms with Gasteiger partial charge in [-0.2, -0.15) is 0 Å². The van der Waals surface area contributed by atoms with E-state index >= 15 is 0 Å². The van der Waals surface area contributed by atoms with E-state index in [2.05, 4.69) is 6.92 Å². The van der Waals surface area contributed by atoms with Crippen molar-refractivity contribution in [1.29, 1.82) is 0 Å². The van der Waals surface area contributed by atoms with Gasteiger partial charge in [0.05, 0.1) is 6.10 Å². The lowest BCUT2D eigenvalue weighted by Gasteiger charge is -2.39. The molecular formula is C22H44O4. The predicted octanol–water partition coefficient (Wildman–Crippen LogP) is 6.08. The zero-order valence-corrected chi connectivity index (χ0v) is 17.9. The maximum absolute atomic E-state index is 6.07. The molecule has 0 amide bonds. The van der Waals surface area contributed by atoms with Crippen LogP contribution in [0.1, 0.15) is 98.3 Å². The highest BCUT2D eigenvalue weighted by molar-refractivity contribution is 4.75. The van der Waals surface area contributed by atoms with Crippen LogP contribution in [0.4, 0.5) is 0 Å². The molecule has 1 atom stereocenters. The lowest BCUT2D eigenvalue weighted by molar-refractivity contribution is -0.403. The van der Waals surface area contributed by atoms with E-state index in [1.165, 1.54) is 51.4 Å². The fourth-order valence-corrected chi connectivity index (χ4v) is 3.57. The highest BCUT2D eigenvalue weighted by Gasteiger charge is 2.41. The summed E-state index contributed by atoms with van der Waals surface area (Å²) in [6.07, 6.45) is 14.0. The largest absolute Gasteiger partial charge is 0.378 e. The van der Waals surface area contributed by atoms with E-state index in [-0.39, 0.29) is 5.92 Å². The first-order chi connectivity index (χ1) is 12.7. The Hall–Kier alpha value is -0.160. The van der Waals surface area contributed by atoms with Gasteiger partial charge in [0.2, 0.25) is 0 Å². The molecule has 0 bridgehead atoms. The molecule has 0 N–H and O–H groups in total. The first-order valence-electron chi connectivity index (χ1n) is 11.3. The Morgan fingerprint density at radius 1 is 0.731 bits per heavy atom. The van der Waals surface area contributed by atoms with Crippen molar-refractivity contribution in [2.45, 2.75) is 110 Å². The molecular weight excluding hydrogens is 328 g/mol. The highest BCUT2D eigenvalue weighted by atomic mass is 16.9. The molecule has 0 aromatic heterocycles. The summed E-state index contributed by atoms with van der Waals surface area (Å²) >= 11 is 0. The quantitative estimate of drug-likeness (QED) is 0.203. The number of ether oxygens (including phenoxy) is 4. The van der Waals surface area contributed by atoms with E-state index < -0.39 is 5.97 Å². The molecule has 4 nitrogen and oxygen atoms in total. The third kappa shape index (κ3) is 9.68. The van der Waals surface area contributed by atoms with Crippen LogP contribution in [-0.2, 0) is 18.9 Å². The number of rotatable bonds is 19. The second kappa shape index (κ2) is 14.8. The van der Waals surface area contributed by atoms with Crippen molar-refractivity contribution >= 4 is 0 Å². The Kier molecular flexibility index (Phi) is 13.6. The Morgan fingerprint density at radius 2 is 1.27 bits per heavy atom. The van der Waals surface area contributed by atoms with Crippen molar-refractivity contribution in [2.24, 2.45) is 5.92 Å². The average molecular weight is 373 g/mol. The van der Waals surface area contributed by atoms with E-state index in [1.54, 1.807) is 0 Å². The first kappa shape index (κ1) is 23.9. The summed E-state index contributed by atoms with van der Waals surface area (Å²) in [4.78, 5) is 0. The predicted molar refractivity (Wildman–Crippen MR) is 107 cm³/mol. The highest BCUT2D eigenvalue weighted by Crippen LogP contribution is 2.34. The van der Waals surface area contributed by atoms with Gasteiger partial charge in [-0.15, -0.1) is 0 Å². The molecule has 0 aliphatic heterocycles. The van der Waals surface area contributed by atoms with Crippen LogP contribution < -0.4 is 0 Å². The molecule has 0 saturated heterocycles. The molecule has 0 aromatic rings. The number of hydrogen-bond acceptors (Lipinski definition) is 4. The third-order valence-electron chi connectivity index (χ3n) is 5.02. The molecule has 0 heterocycles. The van der Waals surface area contributed by atoms with Gasteiger partial charge in [-0.3, -0.25) is 0 Å². The van der Waals surface area contributed by atoms with E-state index in [4.69, 9.17) is 18.9 Å².